The fourth-order valence-corrected chi connectivity index (χ4v) is 3.14. The standard InChI is InChI=1S/C15H14Cl2N2O4S/c1-19(23-2)24(21,22)12-5-3-4-10(8-12)15(20)18-11-6-7-13(16)14(17)9-11/h3-9H,1-2H3,(H,18,20). The summed E-state index contributed by atoms with van der Waals surface area (Å²) in [4.78, 5) is 16.9. The molecule has 0 atom stereocenters. The summed E-state index contributed by atoms with van der Waals surface area (Å²) in [5.41, 5.74) is 0.614. The lowest BCUT2D eigenvalue weighted by atomic mass is 10.2. The van der Waals surface area contributed by atoms with Crippen molar-refractivity contribution < 1.29 is 18.0 Å². The summed E-state index contributed by atoms with van der Waals surface area (Å²) >= 11 is 11.7. The minimum Gasteiger partial charge on any atom is -0.322 e. The first-order valence-corrected chi connectivity index (χ1v) is 8.85. The lowest BCUT2D eigenvalue weighted by molar-refractivity contribution is -0.0258. The van der Waals surface area contributed by atoms with Crippen molar-refractivity contribution in [3.05, 3.63) is 58.1 Å². The Balaban J connectivity index is 2.28. The van der Waals surface area contributed by atoms with Crippen LogP contribution >= 0.6 is 23.2 Å². The van der Waals surface area contributed by atoms with Crippen molar-refractivity contribution in [2.75, 3.05) is 19.5 Å². The predicted molar refractivity (Wildman–Crippen MR) is 92.8 cm³/mol. The quantitative estimate of drug-likeness (QED) is 0.796. The normalized spacial score (nSPS) is 11.5. The van der Waals surface area contributed by atoms with Crippen molar-refractivity contribution in [1.82, 2.24) is 4.47 Å². The van der Waals surface area contributed by atoms with E-state index in [1.54, 1.807) is 12.1 Å². The van der Waals surface area contributed by atoms with Gasteiger partial charge < -0.3 is 5.32 Å². The van der Waals surface area contributed by atoms with Crippen LogP contribution in [0.3, 0.4) is 0 Å². The number of benzene rings is 2. The molecule has 0 heterocycles. The topological polar surface area (TPSA) is 75.7 Å². The highest BCUT2D eigenvalue weighted by atomic mass is 35.5. The molecular formula is C15H14Cl2N2O4S. The fourth-order valence-electron chi connectivity index (χ4n) is 1.82. The molecule has 128 valence electrons. The van der Waals surface area contributed by atoms with Crippen LogP contribution in [0.2, 0.25) is 10.0 Å². The van der Waals surface area contributed by atoms with Crippen LogP contribution in [0.15, 0.2) is 47.4 Å². The molecule has 0 aliphatic heterocycles. The third-order valence-corrected chi connectivity index (χ3v) is 5.58. The van der Waals surface area contributed by atoms with E-state index in [4.69, 9.17) is 28.0 Å². The molecule has 0 bridgehead atoms. The van der Waals surface area contributed by atoms with Gasteiger partial charge in [0.2, 0.25) is 0 Å². The number of nitrogens with one attached hydrogen (secondary N) is 1. The van der Waals surface area contributed by atoms with Crippen LogP contribution in [0, 0.1) is 0 Å². The maximum Gasteiger partial charge on any atom is 0.264 e. The van der Waals surface area contributed by atoms with Crippen molar-refractivity contribution in [2.24, 2.45) is 0 Å². The summed E-state index contributed by atoms with van der Waals surface area (Å²) in [7, 11) is -1.34. The van der Waals surface area contributed by atoms with E-state index in [0.29, 0.717) is 20.2 Å². The van der Waals surface area contributed by atoms with Gasteiger partial charge in [-0.05, 0) is 36.4 Å². The summed E-state index contributed by atoms with van der Waals surface area (Å²) in [5.74, 6) is -0.481. The smallest absolute Gasteiger partial charge is 0.264 e. The third kappa shape index (κ3) is 4.06. The van der Waals surface area contributed by atoms with Gasteiger partial charge >= 0.3 is 0 Å². The second-order valence-electron chi connectivity index (χ2n) is 4.71. The second kappa shape index (κ2) is 7.50. The molecule has 2 aromatic rings. The number of hydrogen-bond acceptors (Lipinski definition) is 4. The second-order valence-corrected chi connectivity index (χ2v) is 7.46. The van der Waals surface area contributed by atoms with Crippen LogP contribution < -0.4 is 5.32 Å². The van der Waals surface area contributed by atoms with Gasteiger partial charge in [-0.2, -0.15) is 0 Å². The van der Waals surface area contributed by atoms with E-state index >= 15 is 0 Å². The Kier molecular flexibility index (Phi) is 5.84. The lowest BCUT2D eigenvalue weighted by Gasteiger charge is -2.14. The predicted octanol–water partition coefficient (Wildman–Crippen LogP) is 3.43. The van der Waals surface area contributed by atoms with Gasteiger partial charge in [0.1, 0.15) is 0 Å². The number of carbonyl (C=O) groups is 1. The fraction of sp³-hybridized carbons (Fsp3) is 0.133. The maximum atomic E-state index is 12.3. The molecule has 0 radical (unpaired) electrons. The molecule has 24 heavy (non-hydrogen) atoms. The van der Waals surface area contributed by atoms with Crippen molar-refractivity contribution in [1.29, 1.82) is 0 Å². The number of amides is 1. The molecule has 0 aliphatic carbocycles. The molecule has 2 aromatic carbocycles. The van der Waals surface area contributed by atoms with E-state index in [1.165, 1.54) is 44.5 Å². The van der Waals surface area contributed by atoms with Gasteiger partial charge in [-0.3, -0.25) is 9.63 Å². The first kappa shape index (κ1) is 18.7. The number of sulfonamides is 1. The largest absolute Gasteiger partial charge is 0.322 e. The Morgan fingerprint density at radius 1 is 1.12 bits per heavy atom. The highest BCUT2D eigenvalue weighted by Gasteiger charge is 2.22. The average Bonchev–Trinajstić information content (AvgIpc) is 2.57. The molecular weight excluding hydrogens is 375 g/mol. The Hall–Kier alpha value is -1.64. The number of hydroxylamine groups is 1. The zero-order chi connectivity index (χ0) is 17.9. The number of rotatable bonds is 5. The van der Waals surface area contributed by atoms with Crippen molar-refractivity contribution >= 4 is 44.8 Å². The van der Waals surface area contributed by atoms with E-state index in [0.717, 1.165) is 0 Å². The molecule has 2 rings (SSSR count). The molecule has 1 amide bonds. The molecule has 0 saturated heterocycles. The van der Waals surface area contributed by atoms with Crippen molar-refractivity contribution in [3.8, 4) is 0 Å². The van der Waals surface area contributed by atoms with Gasteiger partial charge in [-0.25, -0.2) is 8.42 Å². The van der Waals surface area contributed by atoms with Crippen LogP contribution in [0.5, 0.6) is 0 Å². The van der Waals surface area contributed by atoms with Crippen LogP contribution in [0.1, 0.15) is 10.4 Å². The number of halogens is 2. The molecule has 0 unspecified atom stereocenters. The molecule has 1 N–H and O–H groups in total. The molecule has 0 aliphatic rings. The SMILES string of the molecule is CON(C)S(=O)(=O)c1cccc(C(=O)Nc2ccc(Cl)c(Cl)c2)c1. The maximum absolute atomic E-state index is 12.3. The zero-order valence-corrected chi connectivity index (χ0v) is 15.1. The zero-order valence-electron chi connectivity index (χ0n) is 12.8. The van der Waals surface area contributed by atoms with E-state index in [1.807, 2.05) is 0 Å². The van der Waals surface area contributed by atoms with Crippen molar-refractivity contribution in [3.63, 3.8) is 0 Å². The Morgan fingerprint density at radius 2 is 1.83 bits per heavy atom. The summed E-state index contributed by atoms with van der Waals surface area (Å²) in [6.07, 6.45) is 0. The van der Waals surface area contributed by atoms with Gasteiger partial charge in [0, 0.05) is 18.3 Å². The van der Waals surface area contributed by atoms with E-state index in [-0.39, 0.29) is 10.5 Å². The number of anilines is 1. The molecule has 6 nitrogen and oxygen atoms in total. The van der Waals surface area contributed by atoms with Crippen LogP contribution in [-0.4, -0.2) is 33.0 Å². The minimum absolute atomic E-state index is 0.0614. The molecule has 0 fully saturated rings. The highest BCUT2D eigenvalue weighted by molar-refractivity contribution is 7.89. The third-order valence-electron chi connectivity index (χ3n) is 3.17. The van der Waals surface area contributed by atoms with E-state index < -0.39 is 15.9 Å². The van der Waals surface area contributed by atoms with Gasteiger partial charge in [0.05, 0.1) is 22.1 Å². The molecule has 0 spiro atoms. The lowest BCUT2D eigenvalue weighted by Crippen LogP contribution is -2.26. The molecule has 0 aromatic heterocycles. The summed E-state index contributed by atoms with van der Waals surface area (Å²) in [5, 5.41) is 3.29. The number of nitrogens with zero attached hydrogens (tertiary/aromatic N) is 1. The summed E-state index contributed by atoms with van der Waals surface area (Å²) < 4.78 is 25.1. The summed E-state index contributed by atoms with van der Waals surface area (Å²) in [6.45, 7) is 0. The Morgan fingerprint density at radius 3 is 2.46 bits per heavy atom. The monoisotopic (exact) mass is 388 g/mol. The van der Waals surface area contributed by atoms with Crippen LogP contribution in [0.25, 0.3) is 0 Å². The van der Waals surface area contributed by atoms with Crippen LogP contribution in [0.4, 0.5) is 5.69 Å². The van der Waals surface area contributed by atoms with Crippen LogP contribution in [-0.2, 0) is 14.9 Å². The summed E-state index contributed by atoms with van der Waals surface area (Å²) in [6, 6.07) is 10.2. The minimum atomic E-state index is -3.84. The average molecular weight is 389 g/mol. The Labute approximate surface area is 149 Å². The number of hydrogen-bond donors (Lipinski definition) is 1. The van der Waals surface area contributed by atoms with Crippen molar-refractivity contribution in [2.45, 2.75) is 4.90 Å². The van der Waals surface area contributed by atoms with Gasteiger partial charge in [-0.15, -0.1) is 0 Å². The molecule has 0 saturated carbocycles. The first-order chi connectivity index (χ1) is 11.3. The van der Waals surface area contributed by atoms with Gasteiger partial charge in [0.25, 0.3) is 15.9 Å². The molecule has 9 heteroatoms. The first-order valence-electron chi connectivity index (χ1n) is 6.65. The van der Waals surface area contributed by atoms with E-state index in [2.05, 4.69) is 5.32 Å². The number of carbonyl (C=O) groups excluding carboxylic acids is 1. The van der Waals surface area contributed by atoms with Gasteiger partial charge in [-0.1, -0.05) is 33.7 Å². The van der Waals surface area contributed by atoms with E-state index in [9.17, 15) is 13.2 Å². The Bertz CT molecular complexity index is 872. The van der Waals surface area contributed by atoms with Gasteiger partial charge in [0.15, 0.2) is 0 Å². The highest BCUT2D eigenvalue weighted by Crippen LogP contribution is 2.25.